The third-order valence-corrected chi connectivity index (χ3v) is 2.16. The van der Waals surface area contributed by atoms with Gasteiger partial charge in [0, 0.05) is 17.1 Å². The van der Waals surface area contributed by atoms with E-state index in [1.54, 1.807) is 0 Å². The number of methoxy groups -OCH3 is 1. The van der Waals surface area contributed by atoms with Crippen LogP contribution in [0, 0.1) is 5.82 Å². The molecule has 2 nitrogen and oxygen atoms in total. The molecule has 0 aliphatic rings. The first-order valence-corrected chi connectivity index (χ1v) is 4.41. The number of hydrogen-bond acceptors (Lipinski definition) is 2. The summed E-state index contributed by atoms with van der Waals surface area (Å²) in [7, 11) is 1.44. The Morgan fingerprint density at radius 2 is 2.31 bits per heavy atom. The molecule has 0 N–H and O–H groups in total. The summed E-state index contributed by atoms with van der Waals surface area (Å²) in [6.07, 6.45) is 0. The van der Waals surface area contributed by atoms with Crippen molar-refractivity contribution in [2.75, 3.05) is 13.7 Å². The number of rotatable bonds is 3. The third-order valence-electron chi connectivity index (χ3n) is 1.51. The largest absolute Gasteiger partial charge is 0.377 e. The fourth-order valence-electron chi connectivity index (χ4n) is 0.924. The summed E-state index contributed by atoms with van der Waals surface area (Å²) in [6, 6.07) is 3.93. The Kier molecular flexibility index (Phi) is 3.57. The highest BCUT2D eigenvalue weighted by Crippen LogP contribution is 2.18. The number of benzene rings is 1. The summed E-state index contributed by atoms with van der Waals surface area (Å²) < 4.78 is 17.8. The summed E-state index contributed by atoms with van der Waals surface area (Å²) in [6.45, 7) is 0.00420. The first-order chi connectivity index (χ1) is 6.15. The molecule has 0 atom stereocenters. The highest BCUT2D eigenvalue weighted by molar-refractivity contribution is 9.10. The van der Waals surface area contributed by atoms with Gasteiger partial charge in [0.2, 0.25) is 0 Å². The van der Waals surface area contributed by atoms with Crippen LogP contribution in [0.1, 0.15) is 10.4 Å². The first-order valence-electron chi connectivity index (χ1n) is 3.62. The quantitative estimate of drug-likeness (QED) is 0.766. The van der Waals surface area contributed by atoms with Gasteiger partial charge in [-0.1, -0.05) is 0 Å². The molecule has 0 aromatic heterocycles. The molecule has 1 aromatic rings. The fraction of sp³-hybridized carbons (Fsp3) is 0.222. The molecule has 0 fully saturated rings. The van der Waals surface area contributed by atoms with Crippen molar-refractivity contribution >= 4 is 21.7 Å². The zero-order valence-electron chi connectivity index (χ0n) is 7.01. The third kappa shape index (κ3) is 2.60. The molecule has 0 aliphatic heterocycles. The van der Waals surface area contributed by atoms with Gasteiger partial charge in [-0.05, 0) is 34.1 Å². The molecule has 4 heteroatoms. The number of hydrogen-bond donors (Lipinski definition) is 0. The summed E-state index contributed by atoms with van der Waals surface area (Å²) >= 11 is 3.10. The Morgan fingerprint density at radius 3 is 2.85 bits per heavy atom. The average molecular weight is 247 g/mol. The molecule has 1 aromatic carbocycles. The number of carbonyl (C=O) groups is 1. The van der Waals surface area contributed by atoms with Crippen LogP contribution in [0.4, 0.5) is 4.39 Å². The van der Waals surface area contributed by atoms with Gasteiger partial charge in [0.25, 0.3) is 0 Å². The van der Waals surface area contributed by atoms with Crippen molar-refractivity contribution in [3.05, 3.63) is 34.1 Å². The molecule has 0 amide bonds. The molecule has 0 aliphatic carbocycles. The zero-order chi connectivity index (χ0) is 9.84. The van der Waals surface area contributed by atoms with Crippen LogP contribution in [0.3, 0.4) is 0 Å². The van der Waals surface area contributed by atoms with E-state index in [1.807, 2.05) is 0 Å². The van der Waals surface area contributed by atoms with Crippen LogP contribution in [0.5, 0.6) is 0 Å². The number of carbonyl (C=O) groups excluding carboxylic acids is 1. The number of ether oxygens (including phenoxy) is 1. The maximum absolute atomic E-state index is 12.6. The van der Waals surface area contributed by atoms with Gasteiger partial charge < -0.3 is 4.74 Å². The van der Waals surface area contributed by atoms with Crippen LogP contribution < -0.4 is 0 Å². The molecule has 0 bridgehead atoms. The van der Waals surface area contributed by atoms with Crippen molar-refractivity contribution in [1.82, 2.24) is 0 Å². The molecule has 0 spiro atoms. The number of Topliss-reactive ketones (excluding diaryl/α,β-unsaturated/α-hetero) is 1. The minimum atomic E-state index is -0.374. The maximum Gasteiger partial charge on any atom is 0.189 e. The zero-order valence-corrected chi connectivity index (χ0v) is 8.60. The van der Waals surface area contributed by atoms with Gasteiger partial charge in [-0.25, -0.2) is 4.39 Å². The molecule has 0 saturated heterocycles. The number of halogens is 2. The first kappa shape index (κ1) is 10.3. The van der Waals surface area contributed by atoms with E-state index >= 15 is 0 Å². The standard InChI is InChI=1S/C9H8BrFO2/c1-13-5-9(12)7-3-2-6(11)4-8(7)10/h2-4H,5H2,1H3. The second kappa shape index (κ2) is 4.48. The van der Waals surface area contributed by atoms with E-state index in [0.29, 0.717) is 10.0 Å². The van der Waals surface area contributed by atoms with Gasteiger partial charge in [0.15, 0.2) is 5.78 Å². The van der Waals surface area contributed by atoms with E-state index < -0.39 is 0 Å². The van der Waals surface area contributed by atoms with Gasteiger partial charge >= 0.3 is 0 Å². The maximum atomic E-state index is 12.6. The fourth-order valence-corrected chi connectivity index (χ4v) is 1.50. The number of ketones is 1. The van der Waals surface area contributed by atoms with Crippen LogP contribution in [0.25, 0.3) is 0 Å². The van der Waals surface area contributed by atoms with E-state index in [2.05, 4.69) is 20.7 Å². The highest BCUT2D eigenvalue weighted by atomic mass is 79.9. The van der Waals surface area contributed by atoms with E-state index in [0.717, 1.165) is 0 Å². The average Bonchev–Trinajstić information content (AvgIpc) is 2.04. The van der Waals surface area contributed by atoms with Crippen molar-refractivity contribution in [2.24, 2.45) is 0 Å². The van der Waals surface area contributed by atoms with Gasteiger partial charge in [0.05, 0.1) is 0 Å². The molecule has 70 valence electrons. The lowest BCUT2D eigenvalue weighted by molar-refractivity contribution is 0.0847. The van der Waals surface area contributed by atoms with Crippen LogP contribution in [-0.4, -0.2) is 19.5 Å². The van der Waals surface area contributed by atoms with Crippen molar-refractivity contribution in [2.45, 2.75) is 0 Å². The molecule has 0 radical (unpaired) electrons. The lowest BCUT2D eigenvalue weighted by Gasteiger charge is -2.02. The second-order valence-corrected chi connectivity index (χ2v) is 3.33. The predicted octanol–water partition coefficient (Wildman–Crippen LogP) is 2.42. The SMILES string of the molecule is COCC(=O)c1ccc(F)cc1Br. The van der Waals surface area contributed by atoms with Gasteiger partial charge in [-0.3, -0.25) is 4.79 Å². The normalized spacial score (nSPS) is 10.1. The van der Waals surface area contributed by atoms with Gasteiger partial charge in [0.1, 0.15) is 12.4 Å². The predicted molar refractivity (Wildman–Crippen MR) is 50.3 cm³/mol. The van der Waals surface area contributed by atoms with Crippen LogP contribution in [0.15, 0.2) is 22.7 Å². The molecule has 0 heterocycles. The Morgan fingerprint density at radius 1 is 1.62 bits per heavy atom. The minimum Gasteiger partial charge on any atom is -0.377 e. The second-order valence-electron chi connectivity index (χ2n) is 2.48. The van der Waals surface area contributed by atoms with E-state index in [1.165, 1.54) is 25.3 Å². The molecular formula is C9H8BrFO2. The summed E-state index contributed by atoms with van der Waals surface area (Å²) in [5, 5.41) is 0. The Bertz CT molecular complexity index is 325. The Labute approximate surface area is 83.8 Å². The molecular weight excluding hydrogens is 239 g/mol. The molecule has 13 heavy (non-hydrogen) atoms. The Balaban J connectivity index is 2.95. The topological polar surface area (TPSA) is 26.3 Å². The summed E-state index contributed by atoms with van der Waals surface area (Å²) in [5.41, 5.74) is 0.434. The van der Waals surface area contributed by atoms with E-state index in [9.17, 15) is 9.18 Å². The van der Waals surface area contributed by atoms with Gasteiger partial charge in [-0.2, -0.15) is 0 Å². The monoisotopic (exact) mass is 246 g/mol. The Hall–Kier alpha value is -0.740. The molecule has 0 unspecified atom stereocenters. The van der Waals surface area contributed by atoms with Gasteiger partial charge in [-0.15, -0.1) is 0 Å². The van der Waals surface area contributed by atoms with Crippen molar-refractivity contribution < 1.29 is 13.9 Å². The van der Waals surface area contributed by atoms with E-state index in [4.69, 9.17) is 0 Å². The molecule has 1 rings (SSSR count). The van der Waals surface area contributed by atoms with Crippen molar-refractivity contribution in [3.8, 4) is 0 Å². The highest BCUT2D eigenvalue weighted by Gasteiger charge is 2.09. The van der Waals surface area contributed by atoms with Crippen LogP contribution in [0.2, 0.25) is 0 Å². The molecule has 0 saturated carbocycles. The van der Waals surface area contributed by atoms with Crippen LogP contribution >= 0.6 is 15.9 Å². The van der Waals surface area contributed by atoms with Crippen molar-refractivity contribution in [1.29, 1.82) is 0 Å². The minimum absolute atomic E-state index is 0.00420. The lowest BCUT2D eigenvalue weighted by Crippen LogP contribution is -2.07. The lowest BCUT2D eigenvalue weighted by atomic mass is 10.1. The van der Waals surface area contributed by atoms with Crippen LogP contribution in [-0.2, 0) is 4.74 Å². The smallest absolute Gasteiger partial charge is 0.189 e. The van der Waals surface area contributed by atoms with E-state index in [-0.39, 0.29) is 18.2 Å². The summed E-state index contributed by atoms with van der Waals surface area (Å²) in [5.74, 6) is -0.546. The summed E-state index contributed by atoms with van der Waals surface area (Å²) in [4.78, 5) is 11.3. The van der Waals surface area contributed by atoms with Crippen molar-refractivity contribution in [3.63, 3.8) is 0 Å².